The van der Waals surface area contributed by atoms with E-state index in [1.807, 2.05) is 0 Å². The molecule has 4 rings (SSSR count). The van der Waals surface area contributed by atoms with Crippen molar-refractivity contribution in [3.63, 3.8) is 0 Å². The number of hydrogen-bond donors (Lipinski definition) is 0. The molecule has 2 fully saturated rings. The van der Waals surface area contributed by atoms with Crippen LogP contribution in [0.25, 0.3) is 0 Å². The lowest BCUT2D eigenvalue weighted by Gasteiger charge is -2.33. The van der Waals surface area contributed by atoms with E-state index in [1.165, 1.54) is 0 Å². The molecule has 2 saturated carbocycles. The molecule has 4 aliphatic carbocycles. The van der Waals surface area contributed by atoms with E-state index in [0.717, 1.165) is 0 Å². The van der Waals surface area contributed by atoms with Crippen molar-refractivity contribution in [3.05, 3.63) is 48.6 Å². The second-order valence-electron chi connectivity index (χ2n) is 6.03. The van der Waals surface area contributed by atoms with Crippen LogP contribution >= 0.6 is 0 Å². The minimum atomic E-state index is -0.428. The lowest BCUT2D eigenvalue weighted by Crippen LogP contribution is -2.41. The van der Waals surface area contributed by atoms with Crippen LogP contribution in [0.2, 0.25) is 0 Å². The molecule has 0 N–H and O–H groups in total. The highest BCUT2D eigenvalue weighted by molar-refractivity contribution is 5.33. The molecule has 0 aromatic heterocycles. The zero-order valence-corrected chi connectivity index (χ0v) is 11.4. The van der Waals surface area contributed by atoms with Gasteiger partial charge in [-0.3, -0.25) is 0 Å². The fraction of sp³-hybridized carbons (Fsp3) is 0.529. The van der Waals surface area contributed by atoms with Gasteiger partial charge in [0.05, 0.1) is 0 Å². The van der Waals surface area contributed by atoms with Gasteiger partial charge >= 0.3 is 0 Å². The number of hydrogen-bond acceptors (Lipinski definition) is 2. The maximum absolute atomic E-state index is 5.96. The fourth-order valence-corrected chi connectivity index (χ4v) is 5.16. The molecule has 4 aliphatic rings. The molecule has 19 heavy (non-hydrogen) atoms. The van der Waals surface area contributed by atoms with E-state index in [1.54, 1.807) is 14.2 Å². The molecule has 0 aliphatic heterocycles. The summed E-state index contributed by atoms with van der Waals surface area (Å²) in [4.78, 5) is 0. The molecule has 0 radical (unpaired) electrons. The first-order valence-corrected chi connectivity index (χ1v) is 7.14. The van der Waals surface area contributed by atoms with Crippen molar-refractivity contribution in [2.75, 3.05) is 14.2 Å². The fourth-order valence-electron chi connectivity index (χ4n) is 5.16. The van der Waals surface area contributed by atoms with Crippen LogP contribution in [0.15, 0.2) is 48.6 Å². The van der Waals surface area contributed by atoms with E-state index in [9.17, 15) is 0 Å². The molecule has 0 heterocycles. The summed E-state index contributed by atoms with van der Waals surface area (Å²) in [5.41, 5.74) is 0. The lowest BCUT2D eigenvalue weighted by molar-refractivity contribution is -0.241. The second-order valence-corrected chi connectivity index (χ2v) is 6.03. The Balaban J connectivity index is 1.94. The number of rotatable bonds is 2. The van der Waals surface area contributed by atoms with Crippen molar-refractivity contribution in [2.24, 2.45) is 35.5 Å². The summed E-state index contributed by atoms with van der Waals surface area (Å²) in [5, 5.41) is 0. The third kappa shape index (κ3) is 1.24. The summed E-state index contributed by atoms with van der Waals surface area (Å²) in [6, 6.07) is 0. The Bertz CT molecular complexity index is 417. The molecule has 0 aromatic rings. The molecule has 4 unspecified atom stereocenters. The van der Waals surface area contributed by atoms with E-state index < -0.39 is 5.79 Å². The van der Waals surface area contributed by atoms with Crippen LogP contribution < -0.4 is 0 Å². The Labute approximate surface area is 114 Å². The van der Waals surface area contributed by atoms with Crippen molar-refractivity contribution in [1.82, 2.24) is 0 Å². The van der Waals surface area contributed by atoms with Gasteiger partial charge in [0.15, 0.2) is 5.79 Å². The molecular formula is C17H20O2. The van der Waals surface area contributed by atoms with Gasteiger partial charge in [-0.15, -0.1) is 0 Å². The molecule has 2 nitrogen and oxygen atoms in total. The smallest absolute Gasteiger partial charge is 0.175 e. The Morgan fingerprint density at radius 3 is 1.21 bits per heavy atom. The van der Waals surface area contributed by atoms with E-state index in [-0.39, 0.29) is 0 Å². The summed E-state index contributed by atoms with van der Waals surface area (Å²) >= 11 is 0. The van der Waals surface area contributed by atoms with E-state index in [2.05, 4.69) is 48.6 Å². The summed E-state index contributed by atoms with van der Waals surface area (Å²) in [6.07, 6.45) is 18.2. The largest absolute Gasteiger partial charge is 0.353 e. The third-order valence-corrected chi connectivity index (χ3v) is 5.67. The topological polar surface area (TPSA) is 18.5 Å². The van der Waals surface area contributed by atoms with Crippen molar-refractivity contribution in [1.29, 1.82) is 0 Å². The van der Waals surface area contributed by atoms with Gasteiger partial charge in [0, 0.05) is 26.1 Å². The first kappa shape index (κ1) is 11.7. The monoisotopic (exact) mass is 256 g/mol. The average molecular weight is 256 g/mol. The van der Waals surface area contributed by atoms with Crippen LogP contribution in [0.1, 0.15) is 0 Å². The van der Waals surface area contributed by atoms with Crippen LogP contribution in [0, 0.1) is 35.5 Å². The summed E-state index contributed by atoms with van der Waals surface area (Å²) < 4.78 is 11.9. The second kappa shape index (κ2) is 3.94. The minimum absolute atomic E-state index is 0.421. The minimum Gasteiger partial charge on any atom is -0.353 e. The van der Waals surface area contributed by atoms with Crippen molar-refractivity contribution < 1.29 is 9.47 Å². The lowest BCUT2D eigenvalue weighted by atomic mass is 9.69. The third-order valence-electron chi connectivity index (χ3n) is 5.67. The zero-order valence-electron chi connectivity index (χ0n) is 11.4. The summed E-state index contributed by atoms with van der Waals surface area (Å²) in [5.74, 6) is 2.52. The van der Waals surface area contributed by atoms with Crippen molar-refractivity contribution in [2.45, 2.75) is 5.79 Å². The molecule has 0 aromatic carbocycles. The van der Waals surface area contributed by atoms with Gasteiger partial charge in [0.1, 0.15) is 0 Å². The van der Waals surface area contributed by atoms with Gasteiger partial charge in [-0.2, -0.15) is 0 Å². The predicted octanol–water partition coefficient (Wildman–Crippen LogP) is 2.95. The van der Waals surface area contributed by atoms with Crippen LogP contribution in [0.3, 0.4) is 0 Å². The predicted molar refractivity (Wildman–Crippen MR) is 74.2 cm³/mol. The van der Waals surface area contributed by atoms with Gasteiger partial charge in [-0.25, -0.2) is 0 Å². The number of allylic oxidation sites excluding steroid dienone is 8. The maximum atomic E-state index is 5.96. The van der Waals surface area contributed by atoms with Crippen LogP contribution in [0.5, 0.6) is 0 Å². The first-order valence-electron chi connectivity index (χ1n) is 7.14. The van der Waals surface area contributed by atoms with E-state index in [0.29, 0.717) is 35.5 Å². The maximum Gasteiger partial charge on any atom is 0.175 e. The van der Waals surface area contributed by atoms with Crippen LogP contribution in [-0.4, -0.2) is 20.0 Å². The number of methoxy groups -OCH3 is 2. The van der Waals surface area contributed by atoms with Gasteiger partial charge in [0.25, 0.3) is 0 Å². The van der Waals surface area contributed by atoms with Crippen molar-refractivity contribution >= 4 is 0 Å². The van der Waals surface area contributed by atoms with E-state index >= 15 is 0 Å². The van der Waals surface area contributed by atoms with Crippen LogP contribution in [0.4, 0.5) is 0 Å². The first-order chi connectivity index (χ1) is 9.33. The molecule has 0 spiro atoms. The molecule has 4 atom stereocenters. The van der Waals surface area contributed by atoms with Crippen molar-refractivity contribution in [3.8, 4) is 0 Å². The summed E-state index contributed by atoms with van der Waals surface area (Å²) in [6.45, 7) is 0. The van der Waals surface area contributed by atoms with Gasteiger partial charge in [-0.1, -0.05) is 48.6 Å². The SMILES string of the molecule is COC1(OC)C2C3C=CC=CC2C2C=CC=CC3C21. The Hall–Kier alpha value is -1.12. The van der Waals surface area contributed by atoms with Gasteiger partial charge < -0.3 is 9.47 Å². The number of fused-ring (bicyclic) bond motifs is 2. The van der Waals surface area contributed by atoms with E-state index in [4.69, 9.17) is 9.47 Å². The molecule has 0 saturated heterocycles. The highest BCUT2D eigenvalue weighted by Gasteiger charge is 2.70. The molecule has 2 heteroatoms. The Kier molecular flexibility index (Phi) is 2.42. The highest BCUT2D eigenvalue weighted by atomic mass is 16.7. The normalized spacial score (nSPS) is 47.5. The average Bonchev–Trinajstić information content (AvgIpc) is 2.65. The molecular weight excluding hydrogens is 236 g/mol. The molecule has 2 bridgehead atoms. The van der Waals surface area contributed by atoms with Gasteiger partial charge in [-0.05, 0) is 23.7 Å². The standard InChI is InChI=1S/C17H20O2/c1-18-17(19-2)15-11-7-3-4-8-12(15)14-10-6-5-9-13(11)16(14)17/h3-16H,1-2H3. The highest BCUT2D eigenvalue weighted by Crippen LogP contribution is 2.67. The van der Waals surface area contributed by atoms with Gasteiger partial charge in [0.2, 0.25) is 0 Å². The summed E-state index contributed by atoms with van der Waals surface area (Å²) in [7, 11) is 3.61. The Morgan fingerprint density at radius 2 is 0.947 bits per heavy atom. The molecule has 100 valence electrons. The number of ether oxygens (including phenoxy) is 2. The van der Waals surface area contributed by atoms with Crippen LogP contribution in [-0.2, 0) is 9.47 Å². The Morgan fingerprint density at radius 1 is 0.632 bits per heavy atom. The quantitative estimate of drug-likeness (QED) is 0.707. The molecule has 0 amide bonds. The zero-order chi connectivity index (χ0) is 13.0.